The lowest BCUT2D eigenvalue weighted by molar-refractivity contribution is -0.0501. The van der Waals surface area contributed by atoms with Crippen molar-refractivity contribution in [3.8, 4) is 16.5 Å². The Morgan fingerprint density at radius 3 is 2.74 bits per heavy atom. The van der Waals surface area contributed by atoms with Crippen LogP contribution in [0.2, 0.25) is 0 Å². The molecule has 0 aliphatic carbocycles. The maximum absolute atomic E-state index is 12.3. The van der Waals surface area contributed by atoms with Gasteiger partial charge in [0.1, 0.15) is 5.01 Å². The van der Waals surface area contributed by atoms with Gasteiger partial charge < -0.3 is 4.18 Å². The zero-order valence-electron chi connectivity index (χ0n) is 11.4. The summed E-state index contributed by atoms with van der Waals surface area (Å²) in [5.41, 5.74) is -3.59. The van der Waals surface area contributed by atoms with E-state index in [0.29, 0.717) is 21.8 Å². The molecule has 0 unspecified atom stereocenters. The lowest BCUT2D eigenvalue weighted by Gasteiger charge is -2.06. The molecule has 0 aliphatic heterocycles. The van der Waals surface area contributed by atoms with Crippen LogP contribution in [0.25, 0.3) is 16.1 Å². The molecule has 0 spiro atoms. The Hall–Kier alpha value is -2.14. The second-order valence-corrected chi connectivity index (χ2v) is 6.86. The van der Waals surface area contributed by atoms with Gasteiger partial charge in [0.25, 0.3) is 0 Å². The molecule has 0 aromatic carbocycles. The topological polar surface area (TPSA) is 73.6 Å². The van der Waals surface area contributed by atoms with Crippen molar-refractivity contribution in [1.82, 2.24) is 14.6 Å². The van der Waals surface area contributed by atoms with Crippen molar-refractivity contribution in [3.63, 3.8) is 0 Å². The van der Waals surface area contributed by atoms with E-state index in [-0.39, 0.29) is 0 Å². The molecule has 3 aromatic rings. The monoisotopic (exact) mass is 363 g/mol. The second-order valence-electron chi connectivity index (χ2n) is 4.46. The van der Waals surface area contributed by atoms with Gasteiger partial charge in [-0.15, -0.1) is 11.3 Å². The Balaban J connectivity index is 2.01. The van der Waals surface area contributed by atoms with Gasteiger partial charge in [-0.2, -0.15) is 26.7 Å². The molecule has 11 heteroatoms. The number of hydrogen-bond donors (Lipinski definition) is 0. The molecular formula is C12H8F3N3O3S2. The standard InChI is InChI=1S/C12H8F3N3O3S2/c1-7-10(8-4-2-3-5-18(8)17-7)11-16-9(6-22-11)21-23(19,20)12(13,14)15/h2-6H,1H3. The highest BCUT2D eigenvalue weighted by atomic mass is 32.2. The molecule has 0 N–H and O–H groups in total. The fourth-order valence-corrected chi connectivity index (χ4v) is 3.24. The van der Waals surface area contributed by atoms with Gasteiger partial charge >= 0.3 is 15.6 Å². The van der Waals surface area contributed by atoms with Crippen molar-refractivity contribution in [1.29, 1.82) is 0 Å². The van der Waals surface area contributed by atoms with E-state index in [1.807, 2.05) is 0 Å². The zero-order valence-corrected chi connectivity index (χ0v) is 13.0. The highest BCUT2D eigenvalue weighted by molar-refractivity contribution is 7.88. The summed E-state index contributed by atoms with van der Waals surface area (Å²) in [6, 6.07) is 5.32. The highest BCUT2D eigenvalue weighted by Gasteiger charge is 2.49. The van der Waals surface area contributed by atoms with Crippen LogP contribution in [0.3, 0.4) is 0 Å². The Morgan fingerprint density at radius 2 is 2.04 bits per heavy atom. The van der Waals surface area contributed by atoms with Crippen LogP contribution in [0, 0.1) is 6.92 Å². The van der Waals surface area contributed by atoms with Gasteiger partial charge in [0.05, 0.1) is 22.2 Å². The SMILES string of the molecule is Cc1nn2ccccc2c1-c1nc(OS(=O)(=O)C(F)(F)F)cs1. The average Bonchev–Trinajstić information content (AvgIpc) is 2.99. The largest absolute Gasteiger partial charge is 0.534 e. The van der Waals surface area contributed by atoms with Gasteiger partial charge in [-0.25, -0.2) is 9.50 Å². The van der Waals surface area contributed by atoms with Crippen LogP contribution in [0.1, 0.15) is 5.69 Å². The summed E-state index contributed by atoms with van der Waals surface area (Å²) in [4.78, 5) is 3.83. The Labute approximate surface area is 132 Å². The average molecular weight is 363 g/mol. The number of aryl methyl sites for hydroxylation is 1. The molecule has 23 heavy (non-hydrogen) atoms. The van der Waals surface area contributed by atoms with Crippen molar-refractivity contribution < 1.29 is 25.8 Å². The third-order valence-corrected chi connectivity index (χ3v) is 4.69. The molecule has 0 atom stereocenters. The molecule has 0 amide bonds. The molecular weight excluding hydrogens is 355 g/mol. The summed E-state index contributed by atoms with van der Waals surface area (Å²) in [7, 11) is -5.74. The summed E-state index contributed by atoms with van der Waals surface area (Å²) < 4.78 is 64.6. The van der Waals surface area contributed by atoms with Crippen molar-refractivity contribution in [2.45, 2.75) is 12.4 Å². The molecule has 0 saturated carbocycles. The predicted octanol–water partition coefficient (Wildman–Crippen LogP) is 2.99. The van der Waals surface area contributed by atoms with Crippen molar-refractivity contribution >= 4 is 27.0 Å². The fraction of sp³-hybridized carbons (Fsp3) is 0.167. The minimum atomic E-state index is -5.74. The van der Waals surface area contributed by atoms with Crippen LogP contribution in [-0.2, 0) is 10.1 Å². The minimum Gasteiger partial charge on any atom is -0.354 e. The van der Waals surface area contributed by atoms with E-state index in [0.717, 1.165) is 16.7 Å². The lowest BCUT2D eigenvalue weighted by atomic mass is 10.2. The molecule has 0 radical (unpaired) electrons. The van der Waals surface area contributed by atoms with E-state index in [2.05, 4.69) is 14.3 Å². The molecule has 0 aliphatic rings. The first-order valence-electron chi connectivity index (χ1n) is 6.09. The van der Waals surface area contributed by atoms with Crippen LogP contribution in [0.15, 0.2) is 29.8 Å². The van der Waals surface area contributed by atoms with Crippen LogP contribution in [0.4, 0.5) is 13.2 Å². The molecule has 3 heterocycles. The second kappa shape index (κ2) is 5.20. The van der Waals surface area contributed by atoms with Gasteiger partial charge in [-0.05, 0) is 19.1 Å². The first-order chi connectivity index (χ1) is 10.7. The van der Waals surface area contributed by atoms with Crippen molar-refractivity contribution in [2.24, 2.45) is 0 Å². The number of aromatic nitrogens is 3. The normalized spacial score (nSPS) is 12.7. The molecule has 3 aromatic heterocycles. The van der Waals surface area contributed by atoms with Gasteiger partial charge in [0.2, 0.25) is 5.88 Å². The molecule has 0 fully saturated rings. The first-order valence-corrected chi connectivity index (χ1v) is 8.38. The predicted molar refractivity (Wildman–Crippen MR) is 76.6 cm³/mol. The van der Waals surface area contributed by atoms with Gasteiger partial charge in [0, 0.05) is 6.20 Å². The summed E-state index contributed by atoms with van der Waals surface area (Å²) in [6.07, 6.45) is 1.71. The lowest BCUT2D eigenvalue weighted by Crippen LogP contribution is -2.28. The van der Waals surface area contributed by atoms with E-state index in [4.69, 9.17) is 0 Å². The fourth-order valence-electron chi connectivity index (χ4n) is 1.95. The molecule has 6 nitrogen and oxygen atoms in total. The minimum absolute atomic E-state index is 0.316. The third-order valence-electron chi connectivity index (χ3n) is 2.89. The highest BCUT2D eigenvalue weighted by Crippen LogP contribution is 2.34. The molecule has 0 bridgehead atoms. The quantitative estimate of drug-likeness (QED) is 0.528. The maximum atomic E-state index is 12.3. The Bertz CT molecular complexity index is 976. The summed E-state index contributed by atoms with van der Waals surface area (Å²) in [6.45, 7) is 1.72. The van der Waals surface area contributed by atoms with Gasteiger partial charge in [-0.1, -0.05) is 6.07 Å². The number of pyridine rings is 1. The Kier molecular flexibility index (Phi) is 3.56. The Morgan fingerprint density at radius 1 is 1.30 bits per heavy atom. The van der Waals surface area contributed by atoms with E-state index in [9.17, 15) is 21.6 Å². The van der Waals surface area contributed by atoms with E-state index in [1.54, 1.807) is 35.8 Å². The van der Waals surface area contributed by atoms with Crippen LogP contribution < -0.4 is 4.18 Å². The van der Waals surface area contributed by atoms with Gasteiger partial charge in [0.15, 0.2) is 0 Å². The number of halogens is 3. The number of hydrogen-bond acceptors (Lipinski definition) is 6. The zero-order chi connectivity index (χ0) is 16.8. The van der Waals surface area contributed by atoms with E-state index in [1.165, 1.54) is 0 Å². The van der Waals surface area contributed by atoms with Crippen LogP contribution in [-0.4, -0.2) is 28.5 Å². The molecule has 3 rings (SSSR count). The maximum Gasteiger partial charge on any atom is 0.534 e. The van der Waals surface area contributed by atoms with Crippen LogP contribution >= 0.6 is 11.3 Å². The number of fused-ring (bicyclic) bond motifs is 1. The first kappa shape index (κ1) is 15.7. The number of rotatable bonds is 3. The summed E-state index contributed by atoms with van der Waals surface area (Å²) in [5, 5.41) is 5.67. The van der Waals surface area contributed by atoms with Gasteiger partial charge in [-0.3, -0.25) is 0 Å². The number of alkyl halides is 3. The van der Waals surface area contributed by atoms with Crippen molar-refractivity contribution in [3.05, 3.63) is 35.5 Å². The molecule has 0 saturated heterocycles. The van der Waals surface area contributed by atoms with Crippen molar-refractivity contribution in [2.75, 3.05) is 0 Å². The molecule has 122 valence electrons. The van der Waals surface area contributed by atoms with E-state index >= 15 is 0 Å². The van der Waals surface area contributed by atoms with Crippen LogP contribution in [0.5, 0.6) is 5.88 Å². The number of thiazole rings is 1. The summed E-state index contributed by atoms with van der Waals surface area (Å²) >= 11 is 0.966. The summed E-state index contributed by atoms with van der Waals surface area (Å²) in [5.74, 6) is -0.628. The van der Waals surface area contributed by atoms with E-state index < -0.39 is 21.5 Å². The number of nitrogens with zero attached hydrogens (tertiary/aromatic N) is 3. The smallest absolute Gasteiger partial charge is 0.354 e. The third kappa shape index (κ3) is 2.77.